The third-order valence-corrected chi connectivity index (χ3v) is 6.35. The second kappa shape index (κ2) is 5.61. The minimum atomic E-state index is -0.138. The molecule has 3 aliphatic carbocycles. The van der Waals surface area contributed by atoms with Gasteiger partial charge in [-0.15, -0.1) is 0 Å². The molecule has 1 aromatic rings. The molecule has 3 saturated carbocycles. The second-order valence-corrected chi connectivity index (χ2v) is 7.40. The van der Waals surface area contributed by atoms with Crippen LogP contribution in [0.5, 0.6) is 0 Å². The molecule has 0 heterocycles. The van der Waals surface area contributed by atoms with Crippen LogP contribution in [0.4, 0.5) is 4.39 Å². The third kappa shape index (κ3) is 2.30. The Hall–Kier alpha value is -0.930. The van der Waals surface area contributed by atoms with Gasteiger partial charge in [0.1, 0.15) is 5.82 Å². The number of ether oxygens (including phenoxy) is 1. The molecular weight excluding hydrogens is 277 g/mol. The molecule has 0 aromatic heterocycles. The summed E-state index contributed by atoms with van der Waals surface area (Å²) < 4.78 is 18.9. The first kappa shape index (κ1) is 14.6. The zero-order chi connectivity index (χ0) is 15.2. The van der Waals surface area contributed by atoms with Gasteiger partial charge in [0.05, 0.1) is 6.10 Å². The maximum absolute atomic E-state index is 13.0. The molecule has 1 aromatic carbocycles. The molecule has 2 unspecified atom stereocenters. The summed E-state index contributed by atoms with van der Waals surface area (Å²) in [4.78, 5) is 0. The van der Waals surface area contributed by atoms with Crippen molar-refractivity contribution in [1.82, 2.24) is 5.32 Å². The van der Waals surface area contributed by atoms with E-state index in [9.17, 15) is 4.39 Å². The first-order chi connectivity index (χ1) is 10.7. The van der Waals surface area contributed by atoms with Crippen molar-refractivity contribution in [1.29, 1.82) is 0 Å². The summed E-state index contributed by atoms with van der Waals surface area (Å²) in [6.45, 7) is 2.95. The van der Waals surface area contributed by atoms with Gasteiger partial charge >= 0.3 is 0 Å². The second-order valence-electron chi connectivity index (χ2n) is 7.40. The highest BCUT2D eigenvalue weighted by Gasteiger charge is 2.59. The van der Waals surface area contributed by atoms with Crippen molar-refractivity contribution in [2.75, 3.05) is 6.61 Å². The monoisotopic (exact) mass is 303 g/mol. The Kier molecular flexibility index (Phi) is 3.74. The van der Waals surface area contributed by atoms with Gasteiger partial charge in [-0.3, -0.25) is 0 Å². The number of hydrogen-bond donors (Lipinski definition) is 1. The van der Waals surface area contributed by atoms with Gasteiger partial charge in [-0.05, 0) is 62.6 Å². The summed E-state index contributed by atoms with van der Waals surface area (Å²) in [5.41, 5.74) is 1.75. The number of halogens is 1. The van der Waals surface area contributed by atoms with Crippen LogP contribution in [0.25, 0.3) is 0 Å². The topological polar surface area (TPSA) is 21.3 Å². The Labute approximate surface area is 132 Å². The lowest BCUT2D eigenvalue weighted by Gasteiger charge is -2.62. The molecule has 120 valence electrons. The lowest BCUT2D eigenvalue weighted by atomic mass is 9.50. The van der Waals surface area contributed by atoms with Crippen LogP contribution >= 0.6 is 0 Å². The molecule has 2 atom stereocenters. The standard InChI is InChI=1S/C19H26FNO/c1-2-22-18-12-17(19(18)8-3-9-19)21-16-10-14(11-16)13-4-6-15(20)7-5-13/h4-7,14,16-18,21H,2-3,8-12H2,1H3. The van der Waals surface area contributed by atoms with E-state index in [0.29, 0.717) is 29.5 Å². The fraction of sp³-hybridized carbons (Fsp3) is 0.684. The van der Waals surface area contributed by atoms with Crippen molar-refractivity contribution in [3.05, 3.63) is 35.6 Å². The average Bonchev–Trinajstić information content (AvgIpc) is 2.39. The van der Waals surface area contributed by atoms with Gasteiger partial charge in [-0.2, -0.15) is 0 Å². The van der Waals surface area contributed by atoms with Crippen LogP contribution < -0.4 is 5.32 Å². The van der Waals surface area contributed by atoms with Crippen molar-refractivity contribution in [3.63, 3.8) is 0 Å². The first-order valence-corrected chi connectivity index (χ1v) is 8.84. The van der Waals surface area contributed by atoms with E-state index in [2.05, 4.69) is 12.2 Å². The fourth-order valence-corrected chi connectivity index (χ4v) is 4.72. The van der Waals surface area contributed by atoms with Crippen LogP contribution in [-0.2, 0) is 4.74 Å². The average molecular weight is 303 g/mol. The normalized spacial score (nSPS) is 35.5. The Balaban J connectivity index is 1.29. The molecule has 0 saturated heterocycles. The van der Waals surface area contributed by atoms with E-state index in [1.54, 1.807) is 12.1 Å². The van der Waals surface area contributed by atoms with Gasteiger partial charge in [0.2, 0.25) is 0 Å². The summed E-state index contributed by atoms with van der Waals surface area (Å²) in [5.74, 6) is 0.472. The minimum absolute atomic E-state index is 0.138. The maximum Gasteiger partial charge on any atom is 0.123 e. The highest BCUT2D eigenvalue weighted by molar-refractivity contribution is 5.24. The number of hydrogen-bond acceptors (Lipinski definition) is 2. The molecule has 22 heavy (non-hydrogen) atoms. The van der Waals surface area contributed by atoms with Crippen molar-refractivity contribution < 1.29 is 9.13 Å². The van der Waals surface area contributed by atoms with Gasteiger partial charge in [0.15, 0.2) is 0 Å². The zero-order valence-electron chi connectivity index (χ0n) is 13.4. The van der Waals surface area contributed by atoms with Crippen LogP contribution in [0, 0.1) is 11.2 Å². The first-order valence-electron chi connectivity index (χ1n) is 8.84. The quantitative estimate of drug-likeness (QED) is 0.887. The van der Waals surface area contributed by atoms with Gasteiger partial charge in [-0.25, -0.2) is 4.39 Å². The molecule has 3 heteroatoms. The Morgan fingerprint density at radius 1 is 1.18 bits per heavy atom. The Bertz CT molecular complexity index is 519. The smallest absolute Gasteiger partial charge is 0.123 e. The van der Waals surface area contributed by atoms with Crippen LogP contribution in [0.3, 0.4) is 0 Å². The molecule has 0 bridgehead atoms. The lowest BCUT2D eigenvalue weighted by molar-refractivity contribution is -0.176. The third-order valence-electron chi connectivity index (χ3n) is 6.35. The summed E-state index contributed by atoms with van der Waals surface area (Å²) >= 11 is 0. The number of benzene rings is 1. The highest BCUT2D eigenvalue weighted by atomic mass is 19.1. The van der Waals surface area contributed by atoms with E-state index in [0.717, 1.165) is 6.61 Å². The zero-order valence-corrected chi connectivity index (χ0v) is 13.4. The van der Waals surface area contributed by atoms with Crippen LogP contribution in [0.2, 0.25) is 0 Å². The molecule has 0 aliphatic heterocycles. The van der Waals surface area contributed by atoms with Crippen LogP contribution in [0.1, 0.15) is 56.9 Å². The van der Waals surface area contributed by atoms with Crippen molar-refractivity contribution in [3.8, 4) is 0 Å². The maximum atomic E-state index is 13.0. The molecule has 1 N–H and O–H groups in total. The largest absolute Gasteiger partial charge is 0.378 e. The molecule has 0 radical (unpaired) electrons. The Morgan fingerprint density at radius 3 is 2.50 bits per heavy atom. The number of rotatable bonds is 5. The van der Waals surface area contributed by atoms with Gasteiger partial charge in [0, 0.05) is 24.1 Å². The number of nitrogens with one attached hydrogen (secondary N) is 1. The SMILES string of the molecule is CCOC1CC(NC2CC(c3ccc(F)cc3)C2)C12CCC2. The molecular formula is C19H26FNO. The van der Waals surface area contributed by atoms with Gasteiger partial charge in [0.25, 0.3) is 0 Å². The fourth-order valence-electron chi connectivity index (χ4n) is 4.72. The van der Waals surface area contributed by atoms with E-state index < -0.39 is 0 Å². The molecule has 2 nitrogen and oxygen atoms in total. The van der Waals surface area contributed by atoms with Crippen molar-refractivity contribution >= 4 is 0 Å². The summed E-state index contributed by atoms with van der Waals surface area (Å²) in [7, 11) is 0. The van der Waals surface area contributed by atoms with E-state index >= 15 is 0 Å². The highest BCUT2D eigenvalue weighted by Crippen LogP contribution is 2.57. The lowest BCUT2D eigenvalue weighted by Crippen LogP contribution is -2.69. The van der Waals surface area contributed by atoms with Crippen LogP contribution in [-0.4, -0.2) is 24.8 Å². The molecule has 1 spiro atoms. The summed E-state index contributed by atoms with van der Waals surface area (Å²) in [5, 5.41) is 3.89. The van der Waals surface area contributed by atoms with E-state index in [1.807, 2.05) is 12.1 Å². The van der Waals surface area contributed by atoms with Crippen molar-refractivity contribution in [2.24, 2.45) is 5.41 Å². The molecule has 4 rings (SSSR count). The predicted octanol–water partition coefficient (Wildman–Crippen LogP) is 4.01. The molecule has 3 aliphatic rings. The van der Waals surface area contributed by atoms with Gasteiger partial charge < -0.3 is 10.1 Å². The summed E-state index contributed by atoms with van der Waals surface area (Å²) in [6.07, 6.45) is 8.11. The Morgan fingerprint density at radius 2 is 1.91 bits per heavy atom. The van der Waals surface area contributed by atoms with Gasteiger partial charge in [-0.1, -0.05) is 18.6 Å². The van der Waals surface area contributed by atoms with E-state index in [1.165, 1.54) is 44.1 Å². The van der Waals surface area contributed by atoms with Crippen LogP contribution in [0.15, 0.2) is 24.3 Å². The van der Waals surface area contributed by atoms with E-state index in [-0.39, 0.29) is 5.82 Å². The molecule has 3 fully saturated rings. The van der Waals surface area contributed by atoms with E-state index in [4.69, 9.17) is 4.74 Å². The molecule has 0 amide bonds. The summed E-state index contributed by atoms with van der Waals surface area (Å²) in [6, 6.07) is 8.35. The predicted molar refractivity (Wildman–Crippen MR) is 85.4 cm³/mol. The van der Waals surface area contributed by atoms with Crippen molar-refractivity contribution in [2.45, 2.75) is 69.6 Å². The minimum Gasteiger partial charge on any atom is -0.378 e.